The SMILES string of the molecule is Cc1c(C#N)c2ccccc2n1CC(=O)N1CCOCC1CC(=O)NCCF. The van der Waals surface area contributed by atoms with Crippen LogP contribution in [0.4, 0.5) is 4.39 Å². The lowest BCUT2D eigenvalue weighted by atomic mass is 10.1. The first-order valence-electron chi connectivity index (χ1n) is 9.24. The van der Waals surface area contributed by atoms with E-state index in [-0.39, 0.29) is 37.9 Å². The van der Waals surface area contributed by atoms with Gasteiger partial charge >= 0.3 is 0 Å². The van der Waals surface area contributed by atoms with Crippen molar-refractivity contribution < 1.29 is 18.7 Å². The number of hydrogen-bond acceptors (Lipinski definition) is 4. The summed E-state index contributed by atoms with van der Waals surface area (Å²) < 4.78 is 19.5. The number of rotatable bonds is 6. The molecule has 2 heterocycles. The number of nitrogens with one attached hydrogen (secondary N) is 1. The number of amides is 2. The molecule has 0 aliphatic carbocycles. The van der Waals surface area contributed by atoms with Crippen LogP contribution in [0.5, 0.6) is 0 Å². The number of carbonyl (C=O) groups excluding carboxylic acids is 2. The molecule has 1 aromatic heterocycles. The zero-order chi connectivity index (χ0) is 20.1. The highest BCUT2D eigenvalue weighted by molar-refractivity contribution is 5.90. The van der Waals surface area contributed by atoms with Crippen molar-refractivity contribution in [3.63, 3.8) is 0 Å². The van der Waals surface area contributed by atoms with Gasteiger partial charge in [0.2, 0.25) is 11.8 Å². The van der Waals surface area contributed by atoms with Gasteiger partial charge < -0.3 is 19.5 Å². The molecule has 1 saturated heterocycles. The molecule has 2 amide bonds. The van der Waals surface area contributed by atoms with Gasteiger partial charge in [-0.1, -0.05) is 18.2 Å². The number of alkyl halides is 1. The van der Waals surface area contributed by atoms with Gasteiger partial charge in [0.1, 0.15) is 19.3 Å². The first-order chi connectivity index (χ1) is 13.6. The summed E-state index contributed by atoms with van der Waals surface area (Å²) in [5.74, 6) is -0.444. The zero-order valence-electron chi connectivity index (χ0n) is 15.8. The summed E-state index contributed by atoms with van der Waals surface area (Å²) in [5, 5.41) is 12.8. The van der Waals surface area contributed by atoms with E-state index in [4.69, 9.17) is 4.74 Å². The maximum atomic E-state index is 13.0. The van der Waals surface area contributed by atoms with E-state index < -0.39 is 12.7 Å². The average molecular weight is 386 g/mol. The van der Waals surface area contributed by atoms with Crippen molar-refractivity contribution in [1.29, 1.82) is 5.26 Å². The summed E-state index contributed by atoms with van der Waals surface area (Å²) >= 11 is 0. The minimum absolute atomic E-state index is 0.0359. The molecule has 1 fully saturated rings. The largest absolute Gasteiger partial charge is 0.377 e. The third-order valence-corrected chi connectivity index (χ3v) is 5.02. The maximum Gasteiger partial charge on any atom is 0.242 e. The van der Waals surface area contributed by atoms with Gasteiger partial charge in [-0.25, -0.2) is 4.39 Å². The van der Waals surface area contributed by atoms with Gasteiger partial charge in [-0.3, -0.25) is 9.59 Å². The van der Waals surface area contributed by atoms with Crippen LogP contribution in [-0.2, 0) is 20.9 Å². The molecule has 2 aromatic rings. The summed E-state index contributed by atoms with van der Waals surface area (Å²) in [4.78, 5) is 26.6. The number of aromatic nitrogens is 1. The number of nitriles is 1. The molecule has 0 saturated carbocycles. The predicted molar refractivity (Wildman–Crippen MR) is 101 cm³/mol. The summed E-state index contributed by atoms with van der Waals surface area (Å²) in [6.45, 7) is 2.31. The number of para-hydroxylation sites is 1. The van der Waals surface area contributed by atoms with Crippen LogP contribution < -0.4 is 5.32 Å². The molecule has 0 radical (unpaired) electrons. The highest BCUT2D eigenvalue weighted by Crippen LogP contribution is 2.25. The van der Waals surface area contributed by atoms with Gasteiger partial charge in [-0.15, -0.1) is 0 Å². The average Bonchev–Trinajstić information content (AvgIpc) is 2.97. The number of carbonyl (C=O) groups is 2. The lowest BCUT2D eigenvalue weighted by Crippen LogP contribution is -2.51. The summed E-state index contributed by atoms with van der Waals surface area (Å²) in [6.07, 6.45) is 0.0700. The van der Waals surface area contributed by atoms with Crippen molar-refractivity contribution in [2.45, 2.75) is 25.9 Å². The lowest BCUT2D eigenvalue weighted by molar-refractivity contribution is -0.142. The summed E-state index contributed by atoms with van der Waals surface area (Å²) in [7, 11) is 0. The molecule has 1 aliphatic rings. The molecule has 0 spiro atoms. The van der Waals surface area contributed by atoms with E-state index in [1.807, 2.05) is 35.8 Å². The zero-order valence-corrected chi connectivity index (χ0v) is 15.8. The van der Waals surface area contributed by atoms with Crippen LogP contribution in [0.2, 0.25) is 0 Å². The first-order valence-corrected chi connectivity index (χ1v) is 9.24. The van der Waals surface area contributed by atoms with E-state index in [1.165, 1.54) is 0 Å². The molecule has 1 N–H and O–H groups in total. The third-order valence-electron chi connectivity index (χ3n) is 5.02. The Morgan fingerprint density at radius 1 is 1.39 bits per heavy atom. The number of nitrogens with zero attached hydrogens (tertiary/aromatic N) is 3. The van der Waals surface area contributed by atoms with E-state index in [9.17, 15) is 19.2 Å². The highest BCUT2D eigenvalue weighted by Gasteiger charge is 2.30. The van der Waals surface area contributed by atoms with Gasteiger partial charge in [0.05, 0.1) is 30.3 Å². The van der Waals surface area contributed by atoms with Crippen LogP contribution in [0.15, 0.2) is 24.3 Å². The molecule has 28 heavy (non-hydrogen) atoms. The fourth-order valence-corrected chi connectivity index (χ4v) is 3.63. The molecule has 1 atom stereocenters. The van der Waals surface area contributed by atoms with Gasteiger partial charge in [0, 0.05) is 30.6 Å². The van der Waals surface area contributed by atoms with Crippen molar-refractivity contribution >= 4 is 22.7 Å². The molecule has 1 aliphatic heterocycles. The number of benzene rings is 1. The quantitative estimate of drug-likeness (QED) is 0.816. The van der Waals surface area contributed by atoms with Gasteiger partial charge in [-0.2, -0.15) is 5.26 Å². The summed E-state index contributed by atoms with van der Waals surface area (Å²) in [6, 6.07) is 9.32. The summed E-state index contributed by atoms with van der Waals surface area (Å²) in [5.41, 5.74) is 2.13. The minimum atomic E-state index is -0.628. The van der Waals surface area contributed by atoms with Crippen molar-refractivity contribution in [3.8, 4) is 6.07 Å². The molecule has 0 bridgehead atoms. The van der Waals surface area contributed by atoms with Gasteiger partial charge in [0.15, 0.2) is 0 Å². The van der Waals surface area contributed by atoms with Crippen molar-refractivity contribution in [2.75, 3.05) is 33.0 Å². The van der Waals surface area contributed by atoms with Crippen LogP contribution >= 0.6 is 0 Å². The number of ether oxygens (including phenoxy) is 1. The first kappa shape index (κ1) is 19.8. The number of morpholine rings is 1. The smallest absolute Gasteiger partial charge is 0.242 e. The van der Waals surface area contributed by atoms with Crippen LogP contribution in [0.25, 0.3) is 10.9 Å². The third kappa shape index (κ3) is 3.99. The Labute approximate surface area is 162 Å². The standard InChI is InChI=1S/C20H23FN4O3/c1-14-17(11-22)16-4-2-3-5-18(16)25(14)12-20(27)24-8-9-28-13-15(24)10-19(26)23-7-6-21/h2-5,15H,6-10,12-13H2,1H3,(H,23,26). The highest BCUT2D eigenvalue weighted by atomic mass is 19.1. The van der Waals surface area contributed by atoms with Crippen molar-refractivity contribution in [1.82, 2.24) is 14.8 Å². The van der Waals surface area contributed by atoms with E-state index in [2.05, 4.69) is 11.4 Å². The Balaban J connectivity index is 1.80. The Morgan fingerprint density at radius 2 is 2.18 bits per heavy atom. The maximum absolute atomic E-state index is 13.0. The molecular formula is C20H23FN4O3. The van der Waals surface area contributed by atoms with E-state index in [0.29, 0.717) is 18.7 Å². The Bertz CT molecular complexity index is 918. The van der Waals surface area contributed by atoms with Crippen molar-refractivity contribution in [2.24, 2.45) is 0 Å². The molecule has 8 heteroatoms. The number of halogens is 1. The number of hydrogen-bond donors (Lipinski definition) is 1. The topological polar surface area (TPSA) is 87.4 Å². The van der Waals surface area contributed by atoms with Crippen molar-refractivity contribution in [3.05, 3.63) is 35.5 Å². The molecule has 148 valence electrons. The predicted octanol–water partition coefficient (Wildman–Crippen LogP) is 1.52. The molecule has 3 rings (SSSR count). The van der Waals surface area contributed by atoms with Crippen LogP contribution in [0.1, 0.15) is 17.7 Å². The Kier molecular flexibility index (Phi) is 6.26. The molecule has 7 nitrogen and oxygen atoms in total. The second-order valence-electron chi connectivity index (χ2n) is 6.73. The minimum Gasteiger partial charge on any atom is -0.377 e. The van der Waals surface area contributed by atoms with E-state index in [1.54, 1.807) is 4.90 Å². The molecule has 1 unspecified atom stereocenters. The number of fused-ring (bicyclic) bond motifs is 1. The Morgan fingerprint density at radius 3 is 2.93 bits per heavy atom. The second kappa shape index (κ2) is 8.85. The Hall–Kier alpha value is -2.92. The van der Waals surface area contributed by atoms with Crippen LogP contribution in [0, 0.1) is 18.3 Å². The van der Waals surface area contributed by atoms with Crippen LogP contribution in [0.3, 0.4) is 0 Å². The van der Waals surface area contributed by atoms with Crippen LogP contribution in [-0.4, -0.2) is 60.3 Å². The van der Waals surface area contributed by atoms with Gasteiger partial charge in [0.25, 0.3) is 0 Å². The molecular weight excluding hydrogens is 363 g/mol. The van der Waals surface area contributed by atoms with E-state index >= 15 is 0 Å². The fourth-order valence-electron chi connectivity index (χ4n) is 3.63. The second-order valence-corrected chi connectivity index (χ2v) is 6.73. The van der Waals surface area contributed by atoms with Gasteiger partial charge in [-0.05, 0) is 13.0 Å². The normalized spacial score (nSPS) is 16.8. The molecule has 1 aromatic carbocycles. The monoisotopic (exact) mass is 386 g/mol. The van der Waals surface area contributed by atoms with E-state index in [0.717, 1.165) is 16.6 Å². The fraction of sp³-hybridized carbons (Fsp3) is 0.450. The lowest BCUT2D eigenvalue weighted by Gasteiger charge is -2.35.